The van der Waals surface area contributed by atoms with Gasteiger partial charge < -0.3 is 5.73 Å². The minimum atomic E-state index is 0.758. The van der Waals surface area contributed by atoms with Crippen LogP contribution < -0.4 is 5.73 Å². The van der Waals surface area contributed by atoms with E-state index in [1.54, 1.807) is 0 Å². The van der Waals surface area contributed by atoms with Crippen molar-refractivity contribution >= 4 is 0 Å². The number of rotatable bonds is 2. The summed E-state index contributed by atoms with van der Waals surface area (Å²) in [4.78, 5) is 0. The number of hydrogen-bond donors (Lipinski definition) is 1. The van der Waals surface area contributed by atoms with Gasteiger partial charge in [0.25, 0.3) is 0 Å². The first kappa shape index (κ1) is 10.5. The molecule has 0 aliphatic heterocycles. The molecule has 0 bridgehead atoms. The fourth-order valence-corrected chi connectivity index (χ4v) is 3.64. The molecule has 0 amide bonds. The second-order valence-electron chi connectivity index (χ2n) is 5.76. The van der Waals surface area contributed by atoms with Gasteiger partial charge in [0.2, 0.25) is 0 Å². The van der Waals surface area contributed by atoms with E-state index in [-0.39, 0.29) is 0 Å². The molecule has 2 aliphatic carbocycles. The van der Waals surface area contributed by atoms with Crippen molar-refractivity contribution < 1.29 is 0 Å². The van der Waals surface area contributed by atoms with Crippen LogP contribution in [0.25, 0.3) is 0 Å². The van der Waals surface area contributed by atoms with Crippen LogP contribution in [0, 0.1) is 17.3 Å². The lowest BCUT2D eigenvalue weighted by Crippen LogP contribution is -2.30. The van der Waals surface area contributed by atoms with Crippen LogP contribution in [-0.4, -0.2) is 6.54 Å². The van der Waals surface area contributed by atoms with Crippen molar-refractivity contribution in [3.8, 4) is 0 Å². The van der Waals surface area contributed by atoms with Gasteiger partial charge in [-0.15, -0.1) is 0 Å². The molecule has 1 unspecified atom stereocenters. The van der Waals surface area contributed by atoms with Crippen LogP contribution in [0.15, 0.2) is 0 Å². The zero-order valence-electron chi connectivity index (χ0n) is 9.60. The molecule has 0 heterocycles. The molecule has 2 aliphatic rings. The Morgan fingerprint density at radius 3 is 2.21 bits per heavy atom. The Balaban J connectivity index is 1.85. The SMILES string of the molecule is CC(CN)C1CCC2(CCCC2)CC1. The fraction of sp³-hybridized carbons (Fsp3) is 1.00. The molecule has 2 fully saturated rings. The van der Waals surface area contributed by atoms with E-state index in [4.69, 9.17) is 5.73 Å². The average molecular weight is 195 g/mol. The van der Waals surface area contributed by atoms with Crippen molar-refractivity contribution in [1.82, 2.24) is 0 Å². The Bertz CT molecular complexity index is 172. The molecule has 82 valence electrons. The maximum absolute atomic E-state index is 5.75. The van der Waals surface area contributed by atoms with E-state index in [0.29, 0.717) is 0 Å². The van der Waals surface area contributed by atoms with Crippen LogP contribution in [0.2, 0.25) is 0 Å². The van der Waals surface area contributed by atoms with E-state index in [0.717, 1.165) is 23.8 Å². The highest BCUT2D eigenvalue weighted by Gasteiger charge is 2.38. The predicted molar refractivity (Wildman–Crippen MR) is 61.1 cm³/mol. The maximum Gasteiger partial charge on any atom is -0.00489 e. The van der Waals surface area contributed by atoms with Crippen molar-refractivity contribution in [3.63, 3.8) is 0 Å². The van der Waals surface area contributed by atoms with Gasteiger partial charge in [0.15, 0.2) is 0 Å². The summed E-state index contributed by atoms with van der Waals surface area (Å²) in [5.74, 6) is 1.69. The van der Waals surface area contributed by atoms with E-state index in [1.807, 2.05) is 0 Å². The second kappa shape index (κ2) is 4.22. The fourth-order valence-electron chi connectivity index (χ4n) is 3.64. The van der Waals surface area contributed by atoms with Gasteiger partial charge in [-0.05, 0) is 62.3 Å². The smallest absolute Gasteiger partial charge is 0.00489 e. The Hall–Kier alpha value is -0.0400. The first-order valence-electron chi connectivity index (χ1n) is 6.46. The van der Waals surface area contributed by atoms with Crippen LogP contribution >= 0.6 is 0 Å². The Morgan fingerprint density at radius 1 is 1.14 bits per heavy atom. The third-order valence-electron chi connectivity index (χ3n) is 4.93. The van der Waals surface area contributed by atoms with E-state index >= 15 is 0 Å². The molecule has 0 aromatic carbocycles. The standard InChI is InChI=1S/C13H25N/c1-11(10-14)12-4-8-13(9-5-12)6-2-3-7-13/h11-12H,2-10,14H2,1H3. The third-order valence-corrected chi connectivity index (χ3v) is 4.93. The zero-order valence-corrected chi connectivity index (χ0v) is 9.60. The largest absolute Gasteiger partial charge is 0.330 e. The van der Waals surface area contributed by atoms with Gasteiger partial charge in [0.05, 0.1) is 0 Å². The Kier molecular flexibility index (Phi) is 3.16. The summed E-state index contributed by atoms with van der Waals surface area (Å²) >= 11 is 0. The highest BCUT2D eigenvalue weighted by molar-refractivity contribution is 4.90. The Labute approximate surface area is 88.4 Å². The third kappa shape index (κ3) is 1.98. The number of nitrogens with two attached hydrogens (primary N) is 1. The first-order chi connectivity index (χ1) is 6.76. The molecule has 1 nitrogen and oxygen atoms in total. The zero-order chi connectivity index (χ0) is 10.0. The van der Waals surface area contributed by atoms with Crippen LogP contribution in [-0.2, 0) is 0 Å². The topological polar surface area (TPSA) is 26.0 Å². The van der Waals surface area contributed by atoms with Crippen molar-refractivity contribution in [3.05, 3.63) is 0 Å². The van der Waals surface area contributed by atoms with Gasteiger partial charge in [-0.25, -0.2) is 0 Å². The van der Waals surface area contributed by atoms with Crippen molar-refractivity contribution in [2.45, 2.75) is 58.3 Å². The second-order valence-corrected chi connectivity index (χ2v) is 5.76. The van der Waals surface area contributed by atoms with Crippen LogP contribution in [0.1, 0.15) is 58.3 Å². The van der Waals surface area contributed by atoms with Gasteiger partial charge in [0, 0.05) is 0 Å². The number of hydrogen-bond acceptors (Lipinski definition) is 1. The quantitative estimate of drug-likeness (QED) is 0.718. The molecule has 1 spiro atoms. The summed E-state index contributed by atoms with van der Waals surface area (Å²) in [5, 5.41) is 0. The lowest BCUT2D eigenvalue weighted by atomic mass is 9.67. The van der Waals surface area contributed by atoms with Gasteiger partial charge in [-0.2, -0.15) is 0 Å². The first-order valence-corrected chi connectivity index (χ1v) is 6.46. The molecule has 0 saturated heterocycles. The maximum atomic E-state index is 5.75. The predicted octanol–water partition coefficient (Wildman–Crippen LogP) is 3.33. The summed E-state index contributed by atoms with van der Waals surface area (Å²) < 4.78 is 0. The van der Waals surface area contributed by atoms with Gasteiger partial charge in [0.1, 0.15) is 0 Å². The molecule has 1 atom stereocenters. The van der Waals surface area contributed by atoms with E-state index in [2.05, 4.69) is 6.92 Å². The molecule has 1 heteroatoms. The lowest BCUT2D eigenvalue weighted by Gasteiger charge is -2.39. The monoisotopic (exact) mass is 195 g/mol. The molecular formula is C13H25N. The Morgan fingerprint density at radius 2 is 1.71 bits per heavy atom. The summed E-state index contributed by atoms with van der Waals surface area (Å²) in [6.07, 6.45) is 12.0. The molecule has 2 N–H and O–H groups in total. The van der Waals surface area contributed by atoms with Crippen LogP contribution in [0.5, 0.6) is 0 Å². The molecule has 2 rings (SSSR count). The molecular weight excluding hydrogens is 170 g/mol. The molecule has 0 aromatic rings. The summed E-state index contributed by atoms with van der Waals surface area (Å²) in [6.45, 7) is 3.22. The van der Waals surface area contributed by atoms with Gasteiger partial charge >= 0.3 is 0 Å². The van der Waals surface area contributed by atoms with Gasteiger partial charge in [-0.1, -0.05) is 19.8 Å². The molecule has 14 heavy (non-hydrogen) atoms. The lowest BCUT2D eigenvalue weighted by molar-refractivity contribution is 0.129. The minimum Gasteiger partial charge on any atom is -0.330 e. The van der Waals surface area contributed by atoms with E-state index in [9.17, 15) is 0 Å². The normalized spacial score (nSPS) is 29.6. The molecule has 0 radical (unpaired) electrons. The van der Waals surface area contributed by atoms with E-state index < -0.39 is 0 Å². The van der Waals surface area contributed by atoms with Gasteiger partial charge in [-0.3, -0.25) is 0 Å². The summed E-state index contributed by atoms with van der Waals surface area (Å²) in [5.41, 5.74) is 6.54. The minimum absolute atomic E-state index is 0.758. The molecule has 2 saturated carbocycles. The highest BCUT2D eigenvalue weighted by atomic mass is 14.6. The van der Waals surface area contributed by atoms with Crippen LogP contribution in [0.4, 0.5) is 0 Å². The summed E-state index contributed by atoms with van der Waals surface area (Å²) in [6, 6.07) is 0. The van der Waals surface area contributed by atoms with Crippen LogP contribution in [0.3, 0.4) is 0 Å². The summed E-state index contributed by atoms with van der Waals surface area (Å²) in [7, 11) is 0. The molecule has 0 aromatic heterocycles. The van der Waals surface area contributed by atoms with Crippen molar-refractivity contribution in [1.29, 1.82) is 0 Å². The average Bonchev–Trinajstić information content (AvgIpc) is 2.67. The van der Waals surface area contributed by atoms with Crippen molar-refractivity contribution in [2.24, 2.45) is 23.0 Å². The highest BCUT2D eigenvalue weighted by Crippen LogP contribution is 2.51. The van der Waals surface area contributed by atoms with Crippen molar-refractivity contribution in [2.75, 3.05) is 6.54 Å². The van der Waals surface area contributed by atoms with E-state index in [1.165, 1.54) is 51.4 Å².